The highest BCUT2D eigenvalue weighted by Crippen LogP contribution is 2.41. The quantitative estimate of drug-likeness (QED) is 0.843. The minimum absolute atomic E-state index is 0.770. The fourth-order valence-corrected chi connectivity index (χ4v) is 4.08. The van der Waals surface area contributed by atoms with E-state index in [9.17, 15) is 0 Å². The number of ether oxygens (including phenoxy) is 1. The first-order chi connectivity index (χ1) is 11.3. The van der Waals surface area contributed by atoms with Crippen molar-refractivity contribution in [1.29, 1.82) is 0 Å². The zero-order chi connectivity index (χ0) is 15.6. The Morgan fingerprint density at radius 1 is 1.13 bits per heavy atom. The maximum absolute atomic E-state index is 5.17. The lowest BCUT2D eigenvalue weighted by Crippen LogP contribution is -2.46. The van der Waals surface area contributed by atoms with Crippen molar-refractivity contribution in [2.24, 2.45) is 0 Å². The molecule has 4 rings (SSSR count). The highest BCUT2D eigenvalue weighted by molar-refractivity contribution is 7.11. The molecule has 0 bridgehead atoms. The van der Waals surface area contributed by atoms with Crippen LogP contribution in [0.15, 0.2) is 24.5 Å². The van der Waals surface area contributed by atoms with Gasteiger partial charge in [0, 0.05) is 49.7 Å². The molecule has 122 valence electrons. The first kappa shape index (κ1) is 14.9. The van der Waals surface area contributed by atoms with Crippen molar-refractivity contribution in [3.8, 4) is 5.75 Å². The lowest BCUT2D eigenvalue weighted by molar-refractivity contribution is 0.251. The summed E-state index contributed by atoms with van der Waals surface area (Å²) in [5.74, 6) is 2.62. The minimum Gasteiger partial charge on any atom is -0.495 e. The highest BCUT2D eigenvalue weighted by atomic mass is 32.1. The van der Waals surface area contributed by atoms with Gasteiger partial charge in [0.25, 0.3) is 0 Å². The van der Waals surface area contributed by atoms with E-state index in [-0.39, 0.29) is 0 Å². The molecular weight excluding hydrogens is 308 g/mol. The molecule has 1 aliphatic heterocycles. The van der Waals surface area contributed by atoms with Crippen LogP contribution in [-0.2, 0) is 6.54 Å². The molecule has 0 N–H and O–H groups in total. The molecule has 0 atom stereocenters. The van der Waals surface area contributed by atoms with E-state index in [1.165, 1.54) is 22.7 Å². The third kappa shape index (κ3) is 3.48. The molecule has 0 spiro atoms. The summed E-state index contributed by atoms with van der Waals surface area (Å²) < 4.78 is 5.17. The Balaban J connectivity index is 1.31. The van der Waals surface area contributed by atoms with Crippen molar-refractivity contribution in [2.75, 3.05) is 38.2 Å². The number of nitrogens with zero attached hydrogens (tertiary/aromatic N) is 4. The maximum Gasteiger partial charge on any atom is 0.137 e. The van der Waals surface area contributed by atoms with E-state index in [0.29, 0.717) is 0 Å². The van der Waals surface area contributed by atoms with Gasteiger partial charge in [-0.05, 0) is 25.0 Å². The van der Waals surface area contributed by atoms with Crippen molar-refractivity contribution in [3.05, 3.63) is 34.4 Å². The second-order valence-corrected chi connectivity index (χ2v) is 7.41. The van der Waals surface area contributed by atoms with Crippen LogP contribution in [0.2, 0.25) is 0 Å². The van der Waals surface area contributed by atoms with Crippen LogP contribution in [0.5, 0.6) is 5.75 Å². The standard InChI is InChI=1S/C17H22N4OS/c1-22-14-4-5-16(18-10-14)21-8-6-20(7-9-21)12-15-11-19-17(23-15)13-2-3-13/h4-5,10-11,13H,2-3,6-9,12H2,1H3. The summed E-state index contributed by atoms with van der Waals surface area (Å²) in [6.07, 6.45) is 6.54. The molecule has 1 saturated heterocycles. The van der Waals surface area contributed by atoms with E-state index in [1.807, 2.05) is 23.5 Å². The van der Waals surface area contributed by atoms with Crippen LogP contribution in [-0.4, -0.2) is 48.2 Å². The molecule has 5 nitrogen and oxygen atoms in total. The van der Waals surface area contributed by atoms with Gasteiger partial charge in [0.1, 0.15) is 11.6 Å². The molecule has 0 aromatic carbocycles. The predicted octanol–water partition coefficient (Wildman–Crippen LogP) is 2.75. The number of hydrogen-bond donors (Lipinski definition) is 0. The summed E-state index contributed by atoms with van der Waals surface area (Å²) in [6, 6.07) is 4.02. The molecule has 0 amide bonds. The van der Waals surface area contributed by atoms with Crippen molar-refractivity contribution in [2.45, 2.75) is 25.3 Å². The van der Waals surface area contributed by atoms with Gasteiger partial charge in [-0.1, -0.05) is 0 Å². The van der Waals surface area contributed by atoms with Gasteiger partial charge in [0.15, 0.2) is 0 Å². The summed E-state index contributed by atoms with van der Waals surface area (Å²) in [6.45, 7) is 5.23. The molecule has 0 radical (unpaired) electrons. The molecule has 3 heterocycles. The average Bonchev–Trinajstić information content (AvgIpc) is 3.36. The van der Waals surface area contributed by atoms with Gasteiger partial charge >= 0.3 is 0 Å². The number of hydrogen-bond acceptors (Lipinski definition) is 6. The first-order valence-corrected chi connectivity index (χ1v) is 9.05. The highest BCUT2D eigenvalue weighted by Gasteiger charge is 2.27. The van der Waals surface area contributed by atoms with Crippen molar-refractivity contribution < 1.29 is 4.74 Å². The van der Waals surface area contributed by atoms with Gasteiger partial charge < -0.3 is 9.64 Å². The zero-order valence-electron chi connectivity index (χ0n) is 13.4. The van der Waals surface area contributed by atoms with E-state index >= 15 is 0 Å². The number of pyridine rings is 1. The predicted molar refractivity (Wildman–Crippen MR) is 92.4 cm³/mol. The molecule has 1 saturated carbocycles. The van der Waals surface area contributed by atoms with Crippen LogP contribution in [0.3, 0.4) is 0 Å². The second kappa shape index (κ2) is 6.45. The van der Waals surface area contributed by atoms with Crippen LogP contribution in [0, 0.1) is 0 Å². The van der Waals surface area contributed by atoms with Gasteiger partial charge in [-0.25, -0.2) is 9.97 Å². The fraction of sp³-hybridized carbons (Fsp3) is 0.529. The zero-order valence-corrected chi connectivity index (χ0v) is 14.3. The van der Waals surface area contributed by atoms with Crippen LogP contribution < -0.4 is 9.64 Å². The van der Waals surface area contributed by atoms with E-state index in [0.717, 1.165) is 50.2 Å². The Bertz CT molecular complexity index is 645. The number of aromatic nitrogens is 2. The number of methoxy groups -OCH3 is 1. The van der Waals surface area contributed by atoms with E-state index < -0.39 is 0 Å². The second-order valence-electron chi connectivity index (χ2n) is 6.26. The number of thiazole rings is 1. The topological polar surface area (TPSA) is 41.5 Å². The Morgan fingerprint density at radius 2 is 1.96 bits per heavy atom. The fourth-order valence-electron chi connectivity index (χ4n) is 2.95. The van der Waals surface area contributed by atoms with Crippen molar-refractivity contribution in [1.82, 2.24) is 14.9 Å². The van der Waals surface area contributed by atoms with Crippen molar-refractivity contribution >= 4 is 17.2 Å². The average molecular weight is 330 g/mol. The Morgan fingerprint density at radius 3 is 2.61 bits per heavy atom. The third-order valence-electron chi connectivity index (χ3n) is 4.53. The molecule has 6 heteroatoms. The number of anilines is 1. The van der Waals surface area contributed by atoms with Gasteiger partial charge in [0.05, 0.1) is 18.3 Å². The Hall–Kier alpha value is -1.66. The Labute approximate surface area is 140 Å². The van der Waals surface area contributed by atoms with Gasteiger partial charge in [-0.3, -0.25) is 4.90 Å². The van der Waals surface area contributed by atoms with Crippen LogP contribution >= 0.6 is 11.3 Å². The monoisotopic (exact) mass is 330 g/mol. The van der Waals surface area contributed by atoms with E-state index in [2.05, 4.69) is 26.0 Å². The normalized spacial score (nSPS) is 19.1. The van der Waals surface area contributed by atoms with E-state index in [4.69, 9.17) is 4.74 Å². The summed E-state index contributed by atoms with van der Waals surface area (Å²) in [5.41, 5.74) is 0. The maximum atomic E-state index is 5.17. The first-order valence-electron chi connectivity index (χ1n) is 8.24. The molecule has 23 heavy (non-hydrogen) atoms. The van der Waals surface area contributed by atoms with Crippen LogP contribution in [0.4, 0.5) is 5.82 Å². The molecule has 2 aromatic rings. The van der Waals surface area contributed by atoms with Crippen LogP contribution in [0.25, 0.3) is 0 Å². The molecule has 2 aliphatic rings. The van der Waals surface area contributed by atoms with E-state index in [1.54, 1.807) is 13.3 Å². The summed E-state index contributed by atoms with van der Waals surface area (Å²) >= 11 is 1.91. The van der Waals surface area contributed by atoms with Gasteiger partial charge in [-0.2, -0.15) is 0 Å². The Kier molecular flexibility index (Phi) is 4.18. The summed E-state index contributed by atoms with van der Waals surface area (Å²) in [5, 5.41) is 1.35. The minimum atomic E-state index is 0.770. The molecule has 0 unspecified atom stereocenters. The lowest BCUT2D eigenvalue weighted by Gasteiger charge is -2.35. The summed E-state index contributed by atoms with van der Waals surface area (Å²) in [4.78, 5) is 15.3. The van der Waals surface area contributed by atoms with Gasteiger partial charge in [0.2, 0.25) is 0 Å². The smallest absolute Gasteiger partial charge is 0.137 e. The van der Waals surface area contributed by atoms with Gasteiger partial charge in [-0.15, -0.1) is 11.3 Å². The molecule has 2 fully saturated rings. The van der Waals surface area contributed by atoms with Crippen molar-refractivity contribution in [3.63, 3.8) is 0 Å². The number of rotatable bonds is 5. The summed E-state index contributed by atoms with van der Waals surface area (Å²) in [7, 11) is 1.67. The largest absolute Gasteiger partial charge is 0.495 e. The molecular formula is C17H22N4OS. The lowest BCUT2D eigenvalue weighted by atomic mass is 10.3. The molecule has 1 aliphatic carbocycles. The number of piperazine rings is 1. The van der Waals surface area contributed by atoms with Crippen LogP contribution in [0.1, 0.15) is 28.6 Å². The SMILES string of the molecule is COc1ccc(N2CCN(Cc3cnc(C4CC4)s3)CC2)nc1. The molecule has 2 aromatic heterocycles. The third-order valence-corrected chi connectivity index (χ3v) is 5.67.